The first-order valence-electron chi connectivity index (χ1n) is 10.2. The van der Waals surface area contributed by atoms with Crippen LogP contribution < -0.4 is 5.73 Å². The number of carboxylic acids is 1. The van der Waals surface area contributed by atoms with Gasteiger partial charge < -0.3 is 10.8 Å². The summed E-state index contributed by atoms with van der Waals surface area (Å²) in [7, 11) is 0. The first kappa shape index (κ1) is 19.7. The second kappa shape index (κ2) is 8.03. The van der Waals surface area contributed by atoms with Gasteiger partial charge in [0.1, 0.15) is 5.82 Å². The Labute approximate surface area is 175 Å². The van der Waals surface area contributed by atoms with Gasteiger partial charge in [-0.3, -0.25) is 4.57 Å². The summed E-state index contributed by atoms with van der Waals surface area (Å²) in [5, 5.41) is 9.56. The minimum Gasteiger partial charge on any atom is -0.478 e. The quantitative estimate of drug-likeness (QED) is 0.412. The van der Waals surface area contributed by atoms with Gasteiger partial charge in [0.15, 0.2) is 0 Å². The Kier molecular flexibility index (Phi) is 5.27. The fourth-order valence-corrected chi connectivity index (χ4v) is 3.93. The lowest BCUT2D eigenvalue weighted by Gasteiger charge is -2.14. The van der Waals surface area contributed by atoms with Gasteiger partial charge in [-0.05, 0) is 66.4 Å². The average Bonchev–Trinajstić information content (AvgIpc) is 3.09. The lowest BCUT2D eigenvalue weighted by molar-refractivity contribution is 0.0697. The van der Waals surface area contributed by atoms with Crippen LogP contribution in [-0.2, 0) is 6.42 Å². The van der Waals surface area contributed by atoms with Crippen molar-refractivity contribution >= 4 is 22.7 Å². The van der Waals surface area contributed by atoms with Crippen LogP contribution in [0.5, 0.6) is 0 Å². The molecule has 1 aromatic heterocycles. The fourth-order valence-electron chi connectivity index (χ4n) is 3.93. The molecule has 0 spiro atoms. The Morgan fingerprint density at radius 2 is 1.87 bits per heavy atom. The number of nitrogens with two attached hydrogens (primary N) is 1. The van der Waals surface area contributed by atoms with E-state index in [1.807, 2.05) is 49.4 Å². The van der Waals surface area contributed by atoms with Crippen LogP contribution in [0, 0.1) is 6.92 Å². The number of hydrogen-bond acceptors (Lipinski definition) is 3. The minimum atomic E-state index is -0.924. The zero-order valence-electron chi connectivity index (χ0n) is 17.2. The number of carboxylic acid groups (broad SMARTS) is 1. The van der Waals surface area contributed by atoms with E-state index in [9.17, 15) is 9.90 Å². The summed E-state index contributed by atoms with van der Waals surface area (Å²) in [6.07, 6.45) is 3.03. The zero-order valence-corrected chi connectivity index (χ0v) is 17.2. The molecule has 0 saturated heterocycles. The maximum absolute atomic E-state index is 11.7. The summed E-state index contributed by atoms with van der Waals surface area (Å²) in [5.41, 5.74) is 12.6. The van der Waals surface area contributed by atoms with Gasteiger partial charge in [0.25, 0.3) is 0 Å². The van der Waals surface area contributed by atoms with Crippen LogP contribution in [0.4, 0.5) is 5.69 Å². The SMILES string of the molecule is CCCCc1nc2ccc(N)cc2n1-c1ccc(-c2ccccc2C(=O)O)c(C)c1. The second-order valence-electron chi connectivity index (χ2n) is 7.57. The highest BCUT2D eigenvalue weighted by atomic mass is 16.4. The van der Waals surface area contributed by atoms with Gasteiger partial charge in [-0.25, -0.2) is 9.78 Å². The summed E-state index contributed by atoms with van der Waals surface area (Å²) in [6, 6.07) is 19.0. The van der Waals surface area contributed by atoms with Crippen LogP contribution in [0.2, 0.25) is 0 Å². The van der Waals surface area contributed by atoms with E-state index in [1.165, 1.54) is 0 Å². The molecule has 5 nitrogen and oxygen atoms in total. The lowest BCUT2D eigenvalue weighted by atomic mass is 9.95. The van der Waals surface area contributed by atoms with Crippen molar-refractivity contribution in [2.75, 3.05) is 5.73 Å². The van der Waals surface area contributed by atoms with E-state index in [0.29, 0.717) is 11.3 Å². The number of nitrogens with zero attached hydrogens (tertiary/aromatic N) is 2. The topological polar surface area (TPSA) is 81.1 Å². The Morgan fingerprint density at radius 1 is 1.07 bits per heavy atom. The molecule has 0 aliphatic carbocycles. The summed E-state index contributed by atoms with van der Waals surface area (Å²) in [6.45, 7) is 4.18. The maximum atomic E-state index is 11.7. The Balaban J connectivity index is 1.87. The van der Waals surface area contributed by atoms with Gasteiger partial charge in [0.2, 0.25) is 0 Å². The van der Waals surface area contributed by atoms with Crippen molar-refractivity contribution in [2.45, 2.75) is 33.1 Å². The van der Waals surface area contributed by atoms with Crippen molar-refractivity contribution in [1.82, 2.24) is 9.55 Å². The summed E-state index contributed by atoms with van der Waals surface area (Å²) >= 11 is 0. The molecule has 3 aromatic carbocycles. The number of aromatic carboxylic acids is 1. The molecule has 4 rings (SSSR count). The van der Waals surface area contributed by atoms with Crippen molar-refractivity contribution in [1.29, 1.82) is 0 Å². The molecular weight excluding hydrogens is 374 g/mol. The third-order valence-electron chi connectivity index (χ3n) is 5.42. The van der Waals surface area contributed by atoms with Gasteiger partial charge in [-0.2, -0.15) is 0 Å². The number of hydrogen-bond donors (Lipinski definition) is 2. The summed E-state index contributed by atoms with van der Waals surface area (Å²) < 4.78 is 2.17. The van der Waals surface area contributed by atoms with E-state index >= 15 is 0 Å². The van der Waals surface area contributed by atoms with E-state index in [0.717, 1.165) is 58.5 Å². The third-order valence-corrected chi connectivity index (χ3v) is 5.42. The zero-order chi connectivity index (χ0) is 21.3. The smallest absolute Gasteiger partial charge is 0.336 e. The number of fused-ring (bicyclic) bond motifs is 1. The molecule has 0 aliphatic heterocycles. The fraction of sp³-hybridized carbons (Fsp3) is 0.200. The first-order chi connectivity index (χ1) is 14.5. The molecule has 5 heteroatoms. The molecule has 152 valence electrons. The van der Waals surface area contributed by atoms with E-state index in [-0.39, 0.29) is 0 Å². The Morgan fingerprint density at radius 3 is 2.60 bits per heavy atom. The number of aromatic nitrogens is 2. The molecule has 3 N–H and O–H groups in total. The van der Waals surface area contributed by atoms with Crippen LogP contribution >= 0.6 is 0 Å². The van der Waals surface area contributed by atoms with Crippen LogP contribution in [-0.4, -0.2) is 20.6 Å². The Bertz CT molecular complexity index is 1240. The predicted molar refractivity (Wildman–Crippen MR) is 121 cm³/mol. The van der Waals surface area contributed by atoms with Crippen LogP contribution in [0.3, 0.4) is 0 Å². The minimum absolute atomic E-state index is 0.304. The van der Waals surface area contributed by atoms with E-state index < -0.39 is 5.97 Å². The molecule has 4 aromatic rings. The molecule has 0 atom stereocenters. The van der Waals surface area contributed by atoms with Crippen molar-refractivity contribution in [3.8, 4) is 16.8 Å². The molecule has 0 saturated carbocycles. The van der Waals surface area contributed by atoms with Crippen molar-refractivity contribution in [3.05, 3.63) is 77.6 Å². The van der Waals surface area contributed by atoms with Crippen LogP contribution in [0.25, 0.3) is 27.8 Å². The number of benzene rings is 3. The van der Waals surface area contributed by atoms with E-state index in [2.05, 4.69) is 17.6 Å². The molecule has 0 aliphatic rings. The lowest BCUT2D eigenvalue weighted by Crippen LogP contribution is -2.03. The molecule has 0 unspecified atom stereocenters. The Hall–Kier alpha value is -3.60. The predicted octanol–water partition coefficient (Wildman–Crippen LogP) is 5.62. The largest absolute Gasteiger partial charge is 0.478 e. The number of rotatable bonds is 6. The average molecular weight is 399 g/mol. The van der Waals surface area contributed by atoms with Crippen LogP contribution in [0.15, 0.2) is 60.7 Å². The van der Waals surface area contributed by atoms with Gasteiger partial charge in [-0.1, -0.05) is 37.6 Å². The molecule has 1 heterocycles. The van der Waals surface area contributed by atoms with Crippen molar-refractivity contribution in [3.63, 3.8) is 0 Å². The maximum Gasteiger partial charge on any atom is 0.336 e. The molecule has 0 fully saturated rings. The van der Waals surface area contributed by atoms with E-state index in [1.54, 1.807) is 12.1 Å². The van der Waals surface area contributed by atoms with Crippen molar-refractivity contribution < 1.29 is 9.90 Å². The normalized spacial score (nSPS) is 11.1. The summed E-state index contributed by atoms with van der Waals surface area (Å²) in [4.78, 5) is 16.5. The number of unbranched alkanes of at least 4 members (excludes halogenated alkanes) is 1. The monoisotopic (exact) mass is 399 g/mol. The first-order valence-corrected chi connectivity index (χ1v) is 10.2. The highest BCUT2D eigenvalue weighted by Crippen LogP contribution is 2.31. The second-order valence-corrected chi connectivity index (χ2v) is 7.57. The molecule has 0 amide bonds. The number of carbonyl (C=O) groups is 1. The van der Waals surface area contributed by atoms with Gasteiger partial charge in [-0.15, -0.1) is 0 Å². The molecule has 30 heavy (non-hydrogen) atoms. The third kappa shape index (κ3) is 3.54. The number of nitrogen functional groups attached to an aromatic ring is 1. The van der Waals surface area contributed by atoms with Gasteiger partial charge >= 0.3 is 5.97 Å². The van der Waals surface area contributed by atoms with Gasteiger partial charge in [0, 0.05) is 17.8 Å². The highest BCUT2D eigenvalue weighted by molar-refractivity contribution is 5.96. The standard InChI is InChI=1S/C25H25N3O2/c1-3-4-9-24-27-22-13-10-17(26)15-23(22)28(24)18-11-12-19(16(2)14-18)20-7-5-6-8-21(20)25(29)30/h5-8,10-15H,3-4,9,26H2,1-2H3,(H,29,30). The molecule has 0 bridgehead atoms. The number of aryl methyl sites for hydroxylation is 2. The number of imidazole rings is 1. The number of anilines is 1. The highest BCUT2D eigenvalue weighted by Gasteiger charge is 2.16. The van der Waals surface area contributed by atoms with Gasteiger partial charge in [0.05, 0.1) is 16.6 Å². The molecular formula is C25H25N3O2. The van der Waals surface area contributed by atoms with E-state index in [4.69, 9.17) is 10.7 Å². The van der Waals surface area contributed by atoms with Crippen LogP contribution in [0.1, 0.15) is 41.5 Å². The van der Waals surface area contributed by atoms with Crippen molar-refractivity contribution in [2.24, 2.45) is 0 Å². The molecule has 0 radical (unpaired) electrons. The summed E-state index contributed by atoms with van der Waals surface area (Å²) in [5.74, 6) is 0.0857.